The lowest BCUT2D eigenvalue weighted by Gasteiger charge is -1.96. The summed E-state index contributed by atoms with van der Waals surface area (Å²) < 4.78 is 7.29. The van der Waals surface area contributed by atoms with E-state index >= 15 is 0 Å². The Kier molecular flexibility index (Phi) is 2.57. The van der Waals surface area contributed by atoms with E-state index in [1.54, 1.807) is 0 Å². The van der Waals surface area contributed by atoms with Gasteiger partial charge in [-0.15, -0.1) is 5.10 Å². The van der Waals surface area contributed by atoms with Crippen LogP contribution in [-0.4, -0.2) is 26.1 Å². The average molecular weight is 283 g/mol. The van der Waals surface area contributed by atoms with Gasteiger partial charge in [0.25, 0.3) is 0 Å². The SMILES string of the molecule is O=C(O)c1cn(Cc2cc3ccc(C4CC4)cc3o2)nn1. The van der Waals surface area contributed by atoms with E-state index in [2.05, 4.69) is 28.5 Å². The molecule has 1 fully saturated rings. The standard InChI is InChI=1S/C15H13N3O3/c19-15(20)13-8-18(17-16-13)7-12-5-11-4-3-10(9-1-2-9)6-14(11)21-12/h3-6,8-9H,1-2,7H2,(H,19,20). The molecule has 0 radical (unpaired) electrons. The number of carboxylic acid groups (broad SMARTS) is 1. The van der Waals surface area contributed by atoms with Crippen LogP contribution in [0.5, 0.6) is 0 Å². The normalized spacial score (nSPS) is 14.7. The van der Waals surface area contributed by atoms with Crippen LogP contribution in [0.25, 0.3) is 11.0 Å². The van der Waals surface area contributed by atoms with Gasteiger partial charge in [0, 0.05) is 5.39 Å². The minimum Gasteiger partial charge on any atom is -0.476 e. The number of hydrogen-bond donors (Lipinski definition) is 1. The van der Waals surface area contributed by atoms with Gasteiger partial charge < -0.3 is 9.52 Å². The smallest absolute Gasteiger partial charge is 0.358 e. The van der Waals surface area contributed by atoms with E-state index in [0.29, 0.717) is 12.5 Å². The first-order valence-electron chi connectivity index (χ1n) is 6.85. The number of furan rings is 1. The molecule has 0 unspecified atom stereocenters. The summed E-state index contributed by atoms with van der Waals surface area (Å²) in [6.07, 6.45) is 3.91. The third kappa shape index (κ3) is 2.29. The van der Waals surface area contributed by atoms with Gasteiger partial charge in [-0.1, -0.05) is 17.3 Å². The van der Waals surface area contributed by atoms with Gasteiger partial charge in [-0.2, -0.15) is 0 Å². The molecule has 1 saturated carbocycles. The Hall–Kier alpha value is -2.63. The molecule has 0 spiro atoms. The van der Waals surface area contributed by atoms with Crippen molar-refractivity contribution >= 4 is 16.9 Å². The zero-order valence-electron chi connectivity index (χ0n) is 11.2. The maximum atomic E-state index is 10.8. The molecular weight excluding hydrogens is 270 g/mol. The van der Waals surface area contributed by atoms with E-state index in [9.17, 15) is 4.79 Å². The first kappa shape index (κ1) is 12.1. The van der Waals surface area contributed by atoms with Crippen molar-refractivity contribution in [3.63, 3.8) is 0 Å². The van der Waals surface area contributed by atoms with E-state index < -0.39 is 5.97 Å². The Balaban J connectivity index is 1.61. The summed E-state index contributed by atoms with van der Waals surface area (Å²) in [4.78, 5) is 10.8. The van der Waals surface area contributed by atoms with Crippen molar-refractivity contribution in [2.24, 2.45) is 0 Å². The summed E-state index contributed by atoms with van der Waals surface area (Å²) in [5.41, 5.74) is 2.13. The van der Waals surface area contributed by atoms with Crippen LogP contribution in [0.2, 0.25) is 0 Å². The number of fused-ring (bicyclic) bond motifs is 1. The van der Waals surface area contributed by atoms with Crippen LogP contribution in [0.3, 0.4) is 0 Å². The summed E-state index contributed by atoms with van der Waals surface area (Å²) in [5.74, 6) is 0.344. The summed E-state index contributed by atoms with van der Waals surface area (Å²) in [6.45, 7) is 0.369. The highest BCUT2D eigenvalue weighted by Gasteiger charge is 2.23. The lowest BCUT2D eigenvalue weighted by atomic mass is 10.1. The molecule has 0 aliphatic heterocycles. The minimum absolute atomic E-state index is 0.0675. The summed E-state index contributed by atoms with van der Waals surface area (Å²) in [7, 11) is 0. The molecular formula is C15H13N3O3. The van der Waals surface area contributed by atoms with Crippen LogP contribution in [0.15, 0.2) is 34.9 Å². The number of nitrogens with zero attached hydrogens (tertiary/aromatic N) is 3. The van der Waals surface area contributed by atoms with Gasteiger partial charge >= 0.3 is 5.97 Å². The first-order chi connectivity index (χ1) is 10.2. The second-order valence-electron chi connectivity index (χ2n) is 5.39. The highest BCUT2D eigenvalue weighted by Crippen LogP contribution is 2.41. The van der Waals surface area contributed by atoms with Gasteiger partial charge in [0.15, 0.2) is 5.69 Å². The van der Waals surface area contributed by atoms with E-state index in [-0.39, 0.29) is 5.69 Å². The van der Waals surface area contributed by atoms with Crippen molar-refractivity contribution in [1.29, 1.82) is 0 Å². The van der Waals surface area contributed by atoms with Crippen molar-refractivity contribution in [3.8, 4) is 0 Å². The Morgan fingerprint density at radius 1 is 1.38 bits per heavy atom. The fraction of sp³-hybridized carbons (Fsp3) is 0.267. The van der Waals surface area contributed by atoms with E-state index in [4.69, 9.17) is 9.52 Å². The molecule has 1 aliphatic rings. The van der Waals surface area contributed by atoms with Crippen molar-refractivity contribution in [2.75, 3.05) is 0 Å². The molecule has 2 heterocycles. The zero-order valence-corrected chi connectivity index (χ0v) is 11.2. The maximum Gasteiger partial charge on any atom is 0.358 e. The monoisotopic (exact) mass is 283 g/mol. The third-order valence-electron chi connectivity index (χ3n) is 3.72. The number of aromatic carboxylic acids is 1. The number of carbonyl (C=O) groups is 1. The van der Waals surface area contributed by atoms with Crippen LogP contribution >= 0.6 is 0 Å². The summed E-state index contributed by atoms with van der Waals surface area (Å²) in [6, 6.07) is 8.27. The minimum atomic E-state index is -1.08. The van der Waals surface area contributed by atoms with Gasteiger partial charge in [0.2, 0.25) is 0 Å². The van der Waals surface area contributed by atoms with Crippen LogP contribution in [0, 0.1) is 0 Å². The van der Waals surface area contributed by atoms with Gasteiger partial charge in [-0.05, 0) is 36.5 Å². The Morgan fingerprint density at radius 2 is 2.24 bits per heavy atom. The van der Waals surface area contributed by atoms with E-state index in [1.807, 2.05) is 6.07 Å². The number of aromatic nitrogens is 3. The highest BCUT2D eigenvalue weighted by atomic mass is 16.4. The number of hydrogen-bond acceptors (Lipinski definition) is 4. The van der Waals surface area contributed by atoms with Gasteiger partial charge in [0.05, 0.1) is 6.20 Å². The van der Waals surface area contributed by atoms with Gasteiger partial charge in [0.1, 0.15) is 17.9 Å². The molecule has 1 aliphatic carbocycles. The summed E-state index contributed by atoms with van der Waals surface area (Å²) in [5, 5.41) is 17.2. The van der Waals surface area contributed by atoms with Crippen molar-refractivity contribution in [2.45, 2.75) is 25.3 Å². The van der Waals surface area contributed by atoms with Crippen LogP contribution in [0.1, 0.15) is 40.6 Å². The van der Waals surface area contributed by atoms with Gasteiger partial charge in [-0.25, -0.2) is 9.48 Å². The molecule has 1 aromatic carbocycles. The van der Waals surface area contributed by atoms with E-state index in [0.717, 1.165) is 16.7 Å². The van der Waals surface area contributed by atoms with Crippen LogP contribution < -0.4 is 0 Å². The Labute approximate surface area is 120 Å². The molecule has 21 heavy (non-hydrogen) atoms. The molecule has 6 nitrogen and oxygen atoms in total. The average Bonchev–Trinajstić information content (AvgIpc) is 3.07. The molecule has 4 rings (SSSR count). The molecule has 0 bridgehead atoms. The van der Waals surface area contributed by atoms with E-state index in [1.165, 1.54) is 29.3 Å². The fourth-order valence-electron chi connectivity index (χ4n) is 2.48. The predicted octanol–water partition coefficient (Wildman–Crippen LogP) is 2.65. The molecule has 6 heteroatoms. The van der Waals surface area contributed by atoms with Crippen molar-refractivity contribution in [3.05, 3.63) is 47.5 Å². The fourth-order valence-corrected chi connectivity index (χ4v) is 2.48. The second-order valence-corrected chi connectivity index (χ2v) is 5.39. The molecule has 1 N–H and O–H groups in total. The highest BCUT2D eigenvalue weighted by molar-refractivity contribution is 5.84. The zero-order chi connectivity index (χ0) is 14.4. The lowest BCUT2D eigenvalue weighted by molar-refractivity contribution is 0.0690. The molecule has 0 amide bonds. The van der Waals surface area contributed by atoms with Crippen LogP contribution in [0.4, 0.5) is 0 Å². The second kappa shape index (κ2) is 4.44. The number of benzene rings is 1. The van der Waals surface area contributed by atoms with Gasteiger partial charge in [-0.3, -0.25) is 0 Å². The molecule has 2 aromatic heterocycles. The maximum absolute atomic E-state index is 10.8. The first-order valence-corrected chi connectivity index (χ1v) is 6.85. The lowest BCUT2D eigenvalue weighted by Crippen LogP contribution is -1.99. The van der Waals surface area contributed by atoms with Crippen LogP contribution in [-0.2, 0) is 6.54 Å². The van der Waals surface area contributed by atoms with Crippen molar-refractivity contribution < 1.29 is 14.3 Å². The largest absolute Gasteiger partial charge is 0.476 e. The quantitative estimate of drug-likeness (QED) is 0.796. The summed E-state index contributed by atoms with van der Waals surface area (Å²) >= 11 is 0. The third-order valence-corrected chi connectivity index (χ3v) is 3.72. The Morgan fingerprint density at radius 3 is 2.95 bits per heavy atom. The molecule has 106 valence electrons. The molecule has 3 aromatic rings. The topological polar surface area (TPSA) is 81.1 Å². The predicted molar refractivity (Wildman–Crippen MR) is 74.3 cm³/mol. The molecule has 0 atom stereocenters. The number of carboxylic acids is 1. The molecule has 0 saturated heterocycles. The Bertz CT molecular complexity index is 830. The van der Waals surface area contributed by atoms with Crippen molar-refractivity contribution in [1.82, 2.24) is 15.0 Å². The number of rotatable bonds is 4.